The third-order valence-electron chi connectivity index (χ3n) is 4.64. The van der Waals surface area contributed by atoms with E-state index in [2.05, 4.69) is 52.5 Å². The fraction of sp³-hybridized carbons (Fsp3) is 0.500. The highest BCUT2D eigenvalue weighted by molar-refractivity contribution is 5.44. The van der Waals surface area contributed by atoms with E-state index >= 15 is 0 Å². The van der Waals surface area contributed by atoms with E-state index in [0.29, 0.717) is 12.5 Å². The standard InChI is InChI=1S/C20H25N4O/c1-4-6-9-17-12-16(13-19(22-17)25-5-2)20(10-7-8-11-20)14-18-23-21-15-24(18)3/h10,12-13,15H,4-6,9,11,14H2,1-3H3. The Morgan fingerprint density at radius 1 is 1.32 bits per heavy atom. The van der Waals surface area contributed by atoms with Gasteiger partial charge in [0.25, 0.3) is 0 Å². The summed E-state index contributed by atoms with van der Waals surface area (Å²) in [7, 11) is 1.98. The molecule has 5 heteroatoms. The molecule has 0 amide bonds. The molecule has 3 rings (SSSR count). The Bertz CT molecular complexity index is 774. The minimum Gasteiger partial charge on any atom is -0.478 e. The molecule has 0 aromatic carbocycles. The molecule has 1 radical (unpaired) electrons. The van der Waals surface area contributed by atoms with Gasteiger partial charge < -0.3 is 9.30 Å². The minimum absolute atomic E-state index is 0.212. The fourth-order valence-electron chi connectivity index (χ4n) is 3.15. The molecule has 1 atom stereocenters. The molecule has 0 saturated carbocycles. The first-order valence-electron chi connectivity index (χ1n) is 8.96. The molecule has 1 aliphatic carbocycles. The van der Waals surface area contributed by atoms with Gasteiger partial charge >= 0.3 is 0 Å². The number of ether oxygens (including phenoxy) is 1. The predicted octanol–water partition coefficient (Wildman–Crippen LogP) is 3.04. The second kappa shape index (κ2) is 7.69. The lowest BCUT2D eigenvalue weighted by Crippen LogP contribution is -2.29. The van der Waals surface area contributed by atoms with E-state index in [1.54, 1.807) is 6.33 Å². The van der Waals surface area contributed by atoms with Crippen molar-refractivity contribution in [2.24, 2.45) is 7.05 Å². The molecule has 0 bridgehead atoms. The number of unbranched alkanes of at least 4 members (excludes halogenated alkanes) is 1. The van der Waals surface area contributed by atoms with Crippen LogP contribution in [-0.4, -0.2) is 26.4 Å². The second-order valence-electron chi connectivity index (χ2n) is 6.56. The van der Waals surface area contributed by atoms with Crippen molar-refractivity contribution < 1.29 is 4.74 Å². The summed E-state index contributed by atoms with van der Waals surface area (Å²) in [6, 6.07) is 4.26. The summed E-state index contributed by atoms with van der Waals surface area (Å²) in [4.78, 5) is 4.67. The van der Waals surface area contributed by atoms with Gasteiger partial charge in [-0.3, -0.25) is 0 Å². The molecule has 2 aromatic rings. The van der Waals surface area contributed by atoms with Crippen molar-refractivity contribution in [2.75, 3.05) is 6.61 Å². The summed E-state index contributed by atoms with van der Waals surface area (Å²) in [6.07, 6.45) is 8.62. The second-order valence-corrected chi connectivity index (χ2v) is 6.56. The number of rotatable bonds is 8. The van der Waals surface area contributed by atoms with Gasteiger partial charge in [-0.25, -0.2) is 4.98 Å². The maximum atomic E-state index is 5.73. The minimum atomic E-state index is -0.212. The first-order chi connectivity index (χ1) is 12.2. The SMILES string of the molecule is CCCCc1cc(C2(Cc3nncn3C)[CH]C#CC2)cc(OCC)n1. The third-order valence-corrected chi connectivity index (χ3v) is 4.64. The highest BCUT2D eigenvalue weighted by Gasteiger charge is 2.36. The molecule has 131 valence electrons. The van der Waals surface area contributed by atoms with Crippen LogP contribution >= 0.6 is 0 Å². The highest BCUT2D eigenvalue weighted by atomic mass is 16.5. The van der Waals surface area contributed by atoms with Crippen molar-refractivity contribution in [3.63, 3.8) is 0 Å². The third kappa shape index (κ3) is 3.84. The first kappa shape index (κ1) is 17.5. The molecule has 5 nitrogen and oxygen atoms in total. The van der Waals surface area contributed by atoms with Gasteiger partial charge in [-0.1, -0.05) is 19.3 Å². The molecular weight excluding hydrogens is 312 g/mol. The average Bonchev–Trinajstić information content (AvgIpc) is 3.24. The van der Waals surface area contributed by atoms with Crippen molar-refractivity contribution in [3.8, 4) is 17.7 Å². The molecule has 0 aliphatic heterocycles. The van der Waals surface area contributed by atoms with Crippen LogP contribution in [0.1, 0.15) is 50.2 Å². The Balaban J connectivity index is 1.97. The van der Waals surface area contributed by atoms with Gasteiger partial charge in [0.05, 0.1) is 6.61 Å². The van der Waals surface area contributed by atoms with E-state index in [1.165, 1.54) is 5.56 Å². The highest BCUT2D eigenvalue weighted by Crippen LogP contribution is 2.38. The summed E-state index contributed by atoms with van der Waals surface area (Å²) >= 11 is 0. The maximum Gasteiger partial charge on any atom is 0.213 e. The molecule has 0 fully saturated rings. The summed E-state index contributed by atoms with van der Waals surface area (Å²) in [6.45, 7) is 4.79. The van der Waals surface area contributed by atoms with Crippen LogP contribution < -0.4 is 4.74 Å². The number of hydrogen-bond acceptors (Lipinski definition) is 4. The van der Waals surface area contributed by atoms with Crippen LogP contribution in [0, 0.1) is 18.3 Å². The summed E-state index contributed by atoms with van der Waals surface area (Å²) in [5, 5.41) is 8.29. The normalized spacial score (nSPS) is 15.0. The van der Waals surface area contributed by atoms with E-state index in [0.717, 1.165) is 43.6 Å². The molecule has 0 spiro atoms. The zero-order chi connectivity index (χ0) is 17.7. The molecule has 25 heavy (non-hydrogen) atoms. The Labute approximate surface area is 149 Å². The lowest BCUT2D eigenvalue weighted by molar-refractivity contribution is 0.324. The largest absolute Gasteiger partial charge is 0.478 e. The lowest BCUT2D eigenvalue weighted by atomic mass is 9.75. The van der Waals surface area contributed by atoms with Gasteiger partial charge in [-0.05, 0) is 31.4 Å². The Morgan fingerprint density at radius 3 is 2.84 bits per heavy atom. The topological polar surface area (TPSA) is 52.8 Å². The van der Waals surface area contributed by atoms with Crippen molar-refractivity contribution in [1.82, 2.24) is 19.7 Å². The van der Waals surface area contributed by atoms with Crippen LogP contribution in [0.25, 0.3) is 0 Å². The number of pyridine rings is 1. The average molecular weight is 337 g/mol. The Hall–Kier alpha value is -2.35. The van der Waals surface area contributed by atoms with E-state index in [1.807, 2.05) is 18.5 Å². The summed E-state index contributed by atoms with van der Waals surface area (Å²) in [5.41, 5.74) is 2.06. The van der Waals surface area contributed by atoms with Crippen LogP contribution in [0.4, 0.5) is 0 Å². The van der Waals surface area contributed by atoms with Crippen LogP contribution in [0.2, 0.25) is 0 Å². The zero-order valence-electron chi connectivity index (χ0n) is 15.2. The van der Waals surface area contributed by atoms with Crippen molar-refractivity contribution in [2.45, 2.75) is 51.4 Å². The van der Waals surface area contributed by atoms with E-state index < -0.39 is 0 Å². The van der Waals surface area contributed by atoms with Crippen molar-refractivity contribution in [1.29, 1.82) is 0 Å². The van der Waals surface area contributed by atoms with E-state index in [9.17, 15) is 0 Å². The Kier molecular flexibility index (Phi) is 5.37. The van der Waals surface area contributed by atoms with Crippen LogP contribution in [0.3, 0.4) is 0 Å². The van der Waals surface area contributed by atoms with Crippen LogP contribution in [0.5, 0.6) is 5.88 Å². The van der Waals surface area contributed by atoms with Gasteiger partial charge in [-0.15, -0.1) is 16.1 Å². The molecule has 1 unspecified atom stereocenters. The Morgan fingerprint density at radius 2 is 2.20 bits per heavy atom. The van der Waals surface area contributed by atoms with Gasteiger partial charge in [0.1, 0.15) is 12.2 Å². The van der Waals surface area contributed by atoms with Crippen LogP contribution in [-0.2, 0) is 25.3 Å². The number of aryl methyl sites for hydroxylation is 2. The molecule has 2 aromatic heterocycles. The van der Waals surface area contributed by atoms with E-state index in [-0.39, 0.29) is 5.41 Å². The number of aromatic nitrogens is 4. The first-order valence-corrected chi connectivity index (χ1v) is 8.96. The monoisotopic (exact) mass is 337 g/mol. The molecule has 1 aliphatic rings. The smallest absolute Gasteiger partial charge is 0.213 e. The summed E-state index contributed by atoms with van der Waals surface area (Å²) in [5.74, 6) is 8.05. The van der Waals surface area contributed by atoms with Crippen molar-refractivity contribution >= 4 is 0 Å². The molecule has 2 heterocycles. The quantitative estimate of drug-likeness (QED) is 0.695. The number of hydrogen-bond donors (Lipinski definition) is 0. The van der Waals surface area contributed by atoms with Gasteiger partial charge in [0, 0.05) is 43.5 Å². The lowest BCUT2D eigenvalue weighted by Gasteiger charge is -2.28. The van der Waals surface area contributed by atoms with Gasteiger partial charge in [0.15, 0.2) is 0 Å². The molecule has 0 saturated heterocycles. The zero-order valence-corrected chi connectivity index (χ0v) is 15.2. The van der Waals surface area contributed by atoms with E-state index in [4.69, 9.17) is 4.74 Å². The summed E-state index contributed by atoms with van der Waals surface area (Å²) < 4.78 is 7.70. The van der Waals surface area contributed by atoms with Gasteiger partial charge in [0.2, 0.25) is 5.88 Å². The fourth-order valence-corrected chi connectivity index (χ4v) is 3.15. The van der Waals surface area contributed by atoms with Gasteiger partial charge in [-0.2, -0.15) is 0 Å². The molecular formula is C20H25N4O. The van der Waals surface area contributed by atoms with Crippen molar-refractivity contribution in [3.05, 3.63) is 42.0 Å². The maximum absolute atomic E-state index is 5.73. The van der Waals surface area contributed by atoms with Crippen LogP contribution in [0.15, 0.2) is 18.5 Å². The molecule has 0 N–H and O–H groups in total. The predicted molar refractivity (Wildman–Crippen MR) is 97.1 cm³/mol. The number of nitrogens with zero attached hydrogens (tertiary/aromatic N) is 4.